The molecule has 0 aliphatic carbocycles. The molecule has 1 aromatic rings. The number of aryl methyl sites for hydroxylation is 1. The molecule has 0 aromatic carbocycles. The van der Waals surface area contributed by atoms with E-state index in [-0.39, 0.29) is 6.04 Å². The van der Waals surface area contributed by atoms with Gasteiger partial charge >= 0.3 is 0 Å². The average molecular weight is 270 g/mol. The van der Waals surface area contributed by atoms with Gasteiger partial charge in [0.25, 0.3) is 0 Å². The molecular formula is C13H22N2S2. The molecule has 0 saturated carbocycles. The van der Waals surface area contributed by atoms with Crippen molar-refractivity contribution in [3.8, 4) is 0 Å². The first-order valence-corrected chi connectivity index (χ1v) is 8.27. The fourth-order valence-electron chi connectivity index (χ4n) is 2.53. The Bertz CT molecular complexity index is 362. The van der Waals surface area contributed by atoms with Crippen molar-refractivity contribution in [3.63, 3.8) is 0 Å². The number of thiophene rings is 1. The molecule has 2 heterocycles. The highest BCUT2D eigenvalue weighted by molar-refractivity contribution is 7.99. The fraction of sp³-hybridized carbons (Fsp3) is 0.692. The molecule has 1 aliphatic rings. The molecule has 1 aliphatic heterocycles. The molecular weight excluding hydrogens is 248 g/mol. The SMILES string of the molecule is Cc1ccsc1C(C(C)N)N1CCSCC1C. The zero-order chi connectivity index (χ0) is 12.4. The van der Waals surface area contributed by atoms with E-state index in [1.165, 1.54) is 21.9 Å². The van der Waals surface area contributed by atoms with Crippen LogP contribution in [0.15, 0.2) is 11.4 Å². The minimum Gasteiger partial charge on any atom is -0.326 e. The van der Waals surface area contributed by atoms with Gasteiger partial charge in [-0.25, -0.2) is 0 Å². The van der Waals surface area contributed by atoms with Crippen molar-refractivity contribution in [2.24, 2.45) is 5.73 Å². The summed E-state index contributed by atoms with van der Waals surface area (Å²) in [5.41, 5.74) is 7.64. The third-order valence-corrected chi connectivity index (χ3v) is 5.72. The molecule has 96 valence electrons. The van der Waals surface area contributed by atoms with Gasteiger partial charge in [0, 0.05) is 35.0 Å². The molecule has 4 heteroatoms. The van der Waals surface area contributed by atoms with Crippen LogP contribution in [0.25, 0.3) is 0 Å². The first-order valence-electron chi connectivity index (χ1n) is 6.24. The van der Waals surface area contributed by atoms with Gasteiger partial charge in [-0.15, -0.1) is 11.3 Å². The number of hydrogen-bond donors (Lipinski definition) is 1. The molecule has 1 fully saturated rings. The average Bonchev–Trinajstić information content (AvgIpc) is 2.68. The van der Waals surface area contributed by atoms with Crippen molar-refractivity contribution >= 4 is 23.1 Å². The van der Waals surface area contributed by atoms with Crippen LogP contribution in [-0.4, -0.2) is 35.0 Å². The smallest absolute Gasteiger partial charge is 0.0596 e. The summed E-state index contributed by atoms with van der Waals surface area (Å²) in [6.07, 6.45) is 0. The lowest BCUT2D eigenvalue weighted by Crippen LogP contribution is -2.48. The van der Waals surface area contributed by atoms with Crippen molar-refractivity contribution in [1.82, 2.24) is 4.90 Å². The third-order valence-electron chi connectivity index (χ3n) is 3.44. The van der Waals surface area contributed by atoms with Crippen LogP contribution in [0.3, 0.4) is 0 Å². The molecule has 17 heavy (non-hydrogen) atoms. The Morgan fingerprint density at radius 3 is 2.82 bits per heavy atom. The molecule has 1 saturated heterocycles. The van der Waals surface area contributed by atoms with Crippen LogP contribution >= 0.6 is 23.1 Å². The van der Waals surface area contributed by atoms with E-state index in [4.69, 9.17) is 5.73 Å². The Kier molecular flexibility index (Phi) is 4.53. The lowest BCUT2D eigenvalue weighted by atomic mass is 10.0. The third kappa shape index (κ3) is 2.87. The largest absolute Gasteiger partial charge is 0.326 e. The molecule has 3 unspecified atom stereocenters. The monoisotopic (exact) mass is 270 g/mol. The van der Waals surface area contributed by atoms with Gasteiger partial charge in [-0.1, -0.05) is 0 Å². The standard InChI is InChI=1S/C13H22N2S2/c1-9-4-6-17-13(9)12(11(3)14)15-5-7-16-8-10(15)2/h4,6,10-12H,5,7-8,14H2,1-3H3. The molecule has 2 N–H and O–H groups in total. The topological polar surface area (TPSA) is 29.3 Å². The maximum atomic E-state index is 6.25. The zero-order valence-electron chi connectivity index (χ0n) is 10.8. The lowest BCUT2D eigenvalue weighted by Gasteiger charge is -2.41. The Hall–Kier alpha value is -0.0300. The maximum Gasteiger partial charge on any atom is 0.0596 e. The number of nitrogens with two attached hydrogens (primary N) is 1. The van der Waals surface area contributed by atoms with E-state index in [1.807, 2.05) is 11.3 Å². The van der Waals surface area contributed by atoms with Crippen molar-refractivity contribution in [3.05, 3.63) is 21.9 Å². The van der Waals surface area contributed by atoms with E-state index >= 15 is 0 Å². The first kappa shape index (κ1) is 13.4. The Morgan fingerprint density at radius 1 is 1.53 bits per heavy atom. The maximum absolute atomic E-state index is 6.25. The summed E-state index contributed by atoms with van der Waals surface area (Å²) in [5, 5.41) is 2.18. The van der Waals surface area contributed by atoms with Crippen LogP contribution in [-0.2, 0) is 0 Å². The quantitative estimate of drug-likeness (QED) is 0.916. The van der Waals surface area contributed by atoms with Crippen molar-refractivity contribution in [2.75, 3.05) is 18.1 Å². The van der Waals surface area contributed by atoms with E-state index in [1.54, 1.807) is 0 Å². The summed E-state index contributed by atoms with van der Waals surface area (Å²) in [4.78, 5) is 4.05. The number of hydrogen-bond acceptors (Lipinski definition) is 4. The predicted octanol–water partition coefficient (Wildman–Crippen LogP) is 2.88. The fourth-order valence-corrected chi connectivity index (χ4v) is 4.73. The van der Waals surface area contributed by atoms with Gasteiger partial charge in [-0.05, 0) is 37.8 Å². The van der Waals surface area contributed by atoms with Gasteiger partial charge in [-0.2, -0.15) is 11.8 Å². The second kappa shape index (κ2) is 5.74. The summed E-state index contributed by atoms with van der Waals surface area (Å²) in [5.74, 6) is 2.46. The van der Waals surface area contributed by atoms with Crippen LogP contribution < -0.4 is 5.73 Å². The molecule has 2 rings (SSSR count). The summed E-state index contributed by atoms with van der Waals surface area (Å²) in [6.45, 7) is 7.82. The van der Waals surface area contributed by atoms with E-state index < -0.39 is 0 Å². The van der Waals surface area contributed by atoms with E-state index in [0.717, 1.165) is 6.54 Å². The summed E-state index contributed by atoms with van der Waals surface area (Å²) < 4.78 is 0. The van der Waals surface area contributed by atoms with Crippen molar-refractivity contribution < 1.29 is 0 Å². The highest BCUT2D eigenvalue weighted by atomic mass is 32.2. The first-order chi connectivity index (χ1) is 8.11. The van der Waals surface area contributed by atoms with Gasteiger partial charge in [0.15, 0.2) is 0 Å². The molecule has 0 radical (unpaired) electrons. The van der Waals surface area contributed by atoms with Crippen LogP contribution in [0.5, 0.6) is 0 Å². The minimum atomic E-state index is 0.192. The Morgan fingerprint density at radius 2 is 2.29 bits per heavy atom. The summed E-state index contributed by atoms with van der Waals surface area (Å²) in [7, 11) is 0. The normalized spacial score (nSPS) is 25.8. The summed E-state index contributed by atoms with van der Waals surface area (Å²) >= 11 is 3.91. The Labute approximate surface area is 113 Å². The van der Waals surface area contributed by atoms with Crippen LogP contribution in [0.2, 0.25) is 0 Å². The minimum absolute atomic E-state index is 0.192. The molecule has 0 bridgehead atoms. The van der Waals surface area contributed by atoms with Gasteiger partial charge in [0.05, 0.1) is 6.04 Å². The van der Waals surface area contributed by atoms with E-state index in [0.29, 0.717) is 12.1 Å². The van der Waals surface area contributed by atoms with Crippen LogP contribution in [0.4, 0.5) is 0 Å². The predicted molar refractivity (Wildman–Crippen MR) is 78.9 cm³/mol. The highest BCUT2D eigenvalue weighted by Crippen LogP contribution is 2.34. The van der Waals surface area contributed by atoms with Gasteiger partial charge < -0.3 is 5.73 Å². The number of nitrogens with zero attached hydrogens (tertiary/aromatic N) is 1. The van der Waals surface area contributed by atoms with E-state index in [9.17, 15) is 0 Å². The van der Waals surface area contributed by atoms with Crippen molar-refractivity contribution in [2.45, 2.75) is 38.9 Å². The second-order valence-electron chi connectivity index (χ2n) is 4.93. The molecule has 0 amide bonds. The second-order valence-corrected chi connectivity index (χ2v) is 7.03. The van der Waals surface area contributed by atoms with Gasteiger partial charge in [-0.3, -0.25) is 4.90 Å². The van der Waals surface area contributed by atoms with Gasteiger partial charge in [0.1, 0.15) is 0 Å². The number of rotatable bonds is 3. The highest BCUT2D eigenvalue weighted by Gasteiger charge is 2.31. The number of thioether (sulfide) groups is 1. The van der Waals surface area contributed by atoms with Gasteiger partial charge in [0.2, 0.25) is 0 Å². The molecule has 2 nitrogen and oxygen atoms in total. The molecule has 0 spiro atoms. The van der Waals surface area contributed by atoms with Crippen LogP contribution in [0, 0.1) is 6.92 Å². The lowest BCUT2D eigenvalue weighted by molar-refractivity contribution is 0.146. The zero-order valence-corrected chi connectivity index (χ0v) is 12.5. The summed E-state index contributed by atoms with van der Waals surface area (Å²) in [6, 6.07) is 3.42. The molecule has 1 aromatic heterocycles. The Balaban J connectivity index is 2.25. The van der Waals surface area contributed by atoms with E-state index in [2.05, 4.69) is 48.9 Å². The molecule has 3 atom stereocenters. The van der Waals surface area contributed by atoms with Crippen molar-refractivity contribution in [1.29, 1.82) is 0 Å². The van der Waals surface area contributed by atoms with Crippen LogP contribution in [0.1, 0.15) is 30.3 Å².